The quantitative estimate of drug-likeness (QED) is 0.712. The molecular formula is C18H17ClN2. The van der Waals surface area contributed by atoms with E-state index in [2.05, 4.69) is 52.8 Å². The van der Waals surface area contributed by atoms with Crippen LogP contribution in [0.2, 0.25) is 0 Å². The Balaban J connectivity index is 1.66. The lowest BCUT2D eigenvalue weighted by Crippen LogP contribution is -2.13. The fraction of sp³-hybridized carbons (Fsp3) is 0.167. The van der Waals surface area contributed by atoms with Crippen molar-refractivity contribution in [2.24, 2.45) is 0 Å². The van der Waals surface area contributed by atoms with Gasteiger partial charge >= 0.3 is 0 Å². The topological polar surface area (TPSA) is 24.9 Å². The van der Waals surface area contributed by atoms with Crippen LogP contribution >= 0.6 is 11.6 Å². The van der Waals surface area contributed by atoms with Crippen LogP contribution in [0, 0.1) is 0 Å². The van der Waals surface area contributed by atoms with Crippen molar-refractivity contribution in [2.75, 3.05) is 0 Å². The summed E-state index contributed by atoms with van der Waals surface area (Å²) in [6.45, 7) is 1.68. The Labute approximate surface area is 129 Å². The highest BCUT2D eigenvalue weighted by molar-refractivity contribution is 6.17. The Bertz CT molecular complexity index is 717. The van der Waals surface area contributed by atoms with E-state index in [-0.39, 0.29) is 0 Å². The van der Waals surface area contributed by atoms with E-state index in [0.29, 0.717) is 5.88 Å². The number of pyridine rings is 1. The summed E-state index contributed by atoms with van der Waals surface area (Å²) in [5, 5.41) is 4.70. The molecule has 3 aromatic rings. The number of benzene rings is 2. The summed E-state index contributed by atoms with van der Waals surface area (Å²) in [7, 11) is 0. The van der Waals surface area contributed by atoms with Gasteiger partial charge in [-0.3, -0.25) is 4.98 Å². The lowest BCUT2D eigenvalue weighted by Gasteiger charge is -2.08. The lowest BCUT2D eigenvalue weighted by atomic mass is 10.1. The highest BCUT2D eigenvalue weighted by Crippen LogP contribution is 2.16. The van der Waals surface area contributed by atoms with Gasteiger partial charge in [0.25, 0.3) is 0 Å². The predicted molar refractivity (Wildman–Crippen MR) is 88.3 cm³/mol. The molecule has 0 bridgehead atoms. The van der Waals surface area contributed by atoms with Crippen molar-refractivity contribution < 1.29 is 0 Å². The van der Waals surface area contributed by atoms with Crippen LogP contribution < -0.4 is 5.32 Å². The summed E-state index contributed by atoms with van der Waals surface area (Å²) in [4.78, 5) is 4.39. The first-order chi connectivity index (χ1) is 10.4. The Morgan fingerprint density at radius 3 is 2.43 bits per heavy atom. The van der Waals surface area contributed by atoms with Crippen molar-refractivity contribution in [1.29, 1.82) is 0 Å². The highest BCUT2D eigenvalue weighted by Gasteiger charge is 2.01. The van der Waals surface area contributed by atoms with Crippen molar-refractivity contribution in [3.05, 3.63) is 77.5 Å². The minimum Gasteiger partial charge on any atom is -0.309 e. The van der Waals surface area contributed by atoms with Gasteiger partial charge in [-0.25, -0.2) is 0 Å². The van der Waals surface area contributed by atoms with Crippen LogP contribution in [0.25, 0.3) is 10.9 Å². The van der Waals surface area contributed by atoms with Gasteiger partial charge < -0.3 is 5.32 Å². The Kier molecular flexibility index (Phi) is 4.49. The van der Waals surface area contributed by atoms with E-state index in [0.717, 1.165) is 24.2 Å². The van der Waals surface area contributed by atoms with Gasteiger partial charge in [0.1, 0.15) is 0 Å². The fourth-order valence-electron chi connectivity index (χ4n) is 2.40. The van der Waals surface area contributed by atoms with Crippen LogP contribution in [0.3, 0.4) is 0 Å². The number of rotatable bonds is 5. The molecule has 1 heterocycles. The molecule has 0 aliphatic carbocycles. The van der Waals surface area contributed by atoms with Crippen LogP contribution in [-0.4, -0.2) is 4.98 Å². The molecule has 0 aliphatic heterocycles. The molecule has 1 aromatic heterocycles. The molecule has 0 radical (unpaired) electrons. The molecule has 3 rings (SSSR count). The molecule has 21 heavy (non-hydrogen) atoms. The molecule has 0 amide bonds. The smallest absolute Gasteiger partial charge is 0.0705 e. The number of alkyl halides is 1. The number of nitrogens with zero attached hydrogens (tertiary/aromatic N) is 1. The van der Waals surface area contributed by atoms with E-state index in [1.807, 2.05) is 18.3 Å². The Morgan fingerprint density at radius 1 is 0.857 bits per heavy atom. The largest absolute Gasteiger partial charge is 0.309 e. The van der Waals surface area contributed by atoms with E-state index in [1.54, 1.807) is 0 Å². The Morgan fingerprint density at radius 2 is 1.62 bits per heavy atom. The standard InChI is InChI=1S/C18H17ClN2/c19-11-14-5-7-15(8-6-14)12-20-13-16-9-10-21-18-4-2-1-3-17(16)18/h1-10,20H,11-13H2. The summed E-state index contributed by atoms with van der Waals surface area (Å²) in [6, 6.07) is 18.7. The van der Waals surface area contributed by atoms with E-state index in [1.165, 1.54) is 16.5 Å². The van der Waals surface area contributed by atoms with Gasteiger partial charge in [-0.2, -0.15) is 0 Å². The van der Waals surface area contributed by atoms with Crippen molar-refractivity contribution >= 4 is 22.5 Å². The monoisotopic (exact) mass is 296 g/mol. The molecule has 3 heteroatoms. The van der Waals surface area contributed by atoms with Gasteiger partial charge in [0.05, 0.1) is 5.52 Å². The first kappa shape index (κ1) is 14.1. The maximum Gasteiger partial charge on any atom is 0.0705 e. The second kappa shape index (κ2) is 6.70. The average Bonchev–Trinajstić information content (AvgIpc) is 2.56. The van der Waals surface area contributed by atoms with Gasteiger partial charge in [-0.15, -0.1) is 11.6 Å². The third-order valence-corrected chi connectivity index (χ3v) is 3.87. The molecule has 0 atom stereocenters. The second-order valence-corrected chi connectivity index (χ2v) is 5.31. The maximum absolute atomic E-state index is 5.80. The van der Waals surface area contributed by atoms with Crippen LogP contribution in [0.5, 0.6) is 0 Å². The summed E-state index contributed by atoms with van der Waals surface area (Å²) in [5.41, 5.74) is 4.74. The molecular weight excluding hydrogens is 280 g/mol. The highest BCUT2D eigenvalue weighted by atomic mass is 35.5. The third-order valence-electron chi connectivity index (χ3n) is 3.56. The van der Waals surface area contributed by atoms with Gasteiger partial charge in [0.15, 0.2) is 0 Å². The molecule has 0 saturated heterocycles. The minimum absolute atomic E-state index is 0.566. The molecule has 0 aliphatic rings. The molecule has 1 N–H and O–H groups in total. The number of hydrogen-bond acceptors (Lipinski definition) is 2. The number of nitrogens with one attached hydrogen (secondary N) is 1. The molecule has 0 saturated carbocycles. The van der Waals surface area contributed by atoms with E-state index >= 15 is 0 Å². The lowest BCUT2D eigenvalue weighted by molar-refractivity contribution is 0.696. The minimum atomic E-state index is 0.566. The second-order valence-electron chi connectivity index (χ2n) is 5.04. The fourth-order valence-corrected chi connectivity index (χ4v) is 2.58. The van der Waals surface area contributed by atoms with Gasteiger partial charge in [0.2, 0.25) is 0 Å². The predicted octanol–water partition coefficient (Wildman–Crippen LogP) is 4.26. The van der Waals surface area contributed by atoms with E-state index < -0.39 is 0 Å². The van der Waals surface area contributed by atoms with Crippen molar-refractivity contribution in [1.82, 2.24) is 10.3 Å². The molecule has 0 unspecified atom stereocenters. The first-order valence-corrected chi connectivity index (χ1v) is 7.57. The molecule has 2 nitrogen and oxygen atoms in total. The van der Waals surface area contributed by atoms with Gasteiger partial charge in [-0.1, -0.05) is 42.5 Å². The molecule has 106 valence electrons. The molecule has 0 spiro atoms. The van der Waals surface area contributed by atoms with Crippen molar-refractivity contribution in [2.45, 2.75) is 19.0 Å². The summed E-state index contributed by atoms with van der Waals surface area (Å²) in [6.07, 6.45) is 1.87. The van der Waals surface area contributed by atoms with Gasteiger partial charge in [-0.05, 0) is 28.8 Å². The van der Waals surface area contributed by atoms with Crippen LogP contribution in [0.4, 0.5) is 0 Å². The zero-order valence-electron chi connectivity index (χ0n) is 11.7. The van der Waals surface area contributed by atoms with Crippen LogP contribution in [0.15, 0.2) is 60.8 Å². The van der Waals surface area contributed by atoms with Crippen LogP contribution in [-0.2, 0) is 19.0 Å². The van der Waals surface area contributed by atoms with E-state index in [4.69, 9.17) is 11.6 Å². The molecule has 2 aromatic carbocycles. The number of hydrogen-bond donors (Lipinski definition) is 1. The SMILES string of the molecule is ClCc1ccc(CNCc2ccnc3ccccc23)cc1. The number of para-hydroxylation sites is 1. The maximum atomic E-state index is 5.80. The zero-order chi connectivity index (χ0) is 14.5. The number of halogens is 1. The van der Waals surface area contributed by atoms with Gasteiger partial charge in [0, 0.05) is 30.6 Å². The summed E-state index contributed by atoms with van der Waals surface area (Å²) >= 11 is 5.80. The average molecular weight is 297 g/mol. The summed E-state index contributed by atoms with van der Waals surface area (Å²) < 4.78 is 0. The molecule has 0 fully saturated rings. The third kappa shape index (κ3) is 3.41. The summed E-state index contributed by atoms with van der Waals surface area (Å²) in [5.74, 6) is 0.566. The Hall–Kier alpha value is -1.90. The van der Waals surface area contributed by atoms with E-state index in [9.17, 15) is 0 Å². The van der Waals surface area contributed by atoms with Crippen LogP contribution in [0.1, 0.15) is 16.7 Å². The number of aromatic nitrogens is 1. The number of fused-ring (bicyclic) bond motifs is 1. The van der Waals surface area contributed by atoms with Crippen molar-refractivity contribution in [3.63, 3.8) is 0 Å². The first-order valence-electron chi connectivity index (χ1n) is 7.04. The zero-order valence-corrected chi connectivity index (χ0v) is 12.5. The normalized spacial score (nSPS) is 10.9. The van der Waals surface area contributed by atoms with Crippen molar-refractivity contribution in [3.8, 4) is 0 Å².